The van der Waals surface area contributed by atoms with Crippen LogP contribution in [0.3, 0.4) is 0 Å². The van der Waals surface area contributed by atoms with Crippen LogP contribution in [-0.4, -0.2) is 43.4 Å². The number of methoxy groups -OCH3 is 2. The average Bonchev–Trinajstić information content (AvgIpc) is 2.80. The third-order valence-electron chi connectivity index (χ3n) is 4.40. The zero-order valence-corrected chi connectivity index (χ0v) is 12.8. The van der Waals surface area contributed by atoms with Crippen LogP contribution in [0.15, 0.2) is 12.1 Å². The smallest absolute Gasteiger partial charge is 0.161 e. The van der Waals surface area contributed by atoms with Crippen LogP contribution >= 0.6 is 0 Å². The van der Waals surface area contributed by atoms with Gasteiger partial charge in [-0.25, -0.2) is 0 Å². The van der Waals surface area contributed by atoms with Crippen LogP contribution in [0, 0.1) is 12.8 Å². The van der Waals surface area contributed by atoms with Gasteiger partial charge in [0.25, 0.3) is 0 Å². The van der Waals surface area contributed by atoms with Crippen LogP contribution in [-0.2, 0) is 6.54 Å². The van der Waals surface area contributed by atoms with E-state index in [0.717, 1.165) is 31.0 Å². The maximum atomic E-state index is 9.55. The Morgan fingerprint density at radius 3 is 2.50 bits per heavy atom. The summed E-state index contributed by atoms with van der Waals surface area (Å²) < 4.78 is 10.7. The van der Waals surface area contributed by atoms with Gasteiger partial charge in [-0.15, -0.1) is 0 Å². The minimum Gasteiger partial charge on any atom is -0.493 e. The van der Waals surface area contributed by atoms with Crippen LogP contribution in [0.1, 0.15) is 24.5 Å². The number of aliphatic hydroxyl groups is 1. The molecule has 1 aromatic carbocycles. The fourth-order valence-electron chi connectivity index (χ4n) is 2.99. The number of hydrogen-bond donors (Lipinski definition) is 1. The largest absolute Gasteiger partial charge is 0.493 e. The monoisotopic (exact) mass is 279 g/mol. The predicted molar refractivity (Wildman–Crippen MR) is 79.3 cm³/mol. The van der Waals surface area contributed by atoms with Gasteiger partial charge in [0.2, 0.25) is 0 Å². The molecule has 0 aliphatic carbocycles. The first-order chi connectivity index (χ1) is 9.60. The van der Waals surface area contributed by atoms with Crippen LogP contribution in [0.2, 0.25) is 0 Å². The summed E-state index contributed by atoms with van der Waals surface area (Å²) in [5, 5.41) is 9.55. The van der Waals surface area contributed by atoms with Gasteiger partial charge in [0.05, 0.1) is 20.8 Å². The Morgan fingerprint density at radius 2 is 1.90 bits per heavy atom. The molecule has 0 bridgehead atoms. The summed E-state index contributed by atoms with van der Waals surface area (Å²) in [6.45, 7) is 6.42. The molecule has 112 valence electrons. The van der Waals surface area contributed by atoms with Crippen LogP contribution < -0.4 is 9.47 Å². The van der Waals surface area contributed by atoms with E-state index in [9.17, 15) is 5.11 Å². The Balaban J connectivity index is 2.21. The molecule has 2 rings (SSSR count). The third kappa shape index (κ3) is 2.91. The van der Waals surface area contributed by atoms with E-state index in [1.807, 2.05) is 12.1 Å². The highest BCUT2D eigenvalue weighted by atomic mass is 16.5. The number of aliphatic hydroxyl groups excluding tert-OH is 1. The Kier molecular flexibility index (Phi) is 4.89. The van der Waals surface area contributed by atoms with Crippen LogP contribution in [0.25, 0.3) is 0 Å². The molecule has 0 amide bonds. The van der Waals surface area contributed by atoms with Crippen molar-refractivity contribution in [2.75, 3.05) is 27.4 Å². The summed E-state index contributed by atoms with van der Waals surface area (Å²) in [4.78, 5) is 2.36. The van der Waals surface area contributed by atoms with Crippen molar-refractivity contribution in [1.29, 1.82) is 0 Å². The molecule has 1 saturated heterocycles. The van der Waals surface area contributed by atoms with E-state index in [1.165, 1.54) is 11.1 Å². The summed E-state index contributed by atoms with van der Waals surface area (Å²) >= 11 is 0. The Hall–Kier alpha value is -1.26. The van der Waals surface area contributed by atoms with Crippen molar-refractivity contribution < 1.29 is 14.6 Å². The molecule has 4 nitrogen and oxygen atoms in total. The minimum absolute atomic E-state index is 0.230. The molecule has 2 atom stereocenters. The first-order valence-corrected chi connectivity index (χ1v) is 7.17. The Morgan fingerprint density at radius 1 is 1.25 bits per heavy atom. The average molecular weight is 279 g/mol. The van der Waals surface area contributed by atoms with Gasteiger partial charge in [0, 0.05) is 12.6 Å². The lowest BCUT2D eigenvalue weighted by Crippen LogP contribution is -2.34. The number of rotatable bonds is 5. The molecule has 1 N–H and O–H groups in total. The quantitative estimate of drug-likeness (QED) is 0.897. The second kappa shape index (κ2) is 6.46. The van der Waals surface area contributed by atoms with Gasteiger partial charge in [-0.3, -0.25) is 4.90 Å². The number of hydrogen-bond acceptors (Lipinski definition) is 4. The number of nitrogens with zero attached hydrogens (tertiary/aromatic N) is 1. The highest BCUT2D eigenvalue weighted by Crippen LogP contribution is 2.32. The lowest BCUT2D eigenvalue weighted by atomic mass is 10.0. The van der Waals surface area contributed by atoms with Gasteiger partial charge in [-0.1, -0.05) is 6.92 Å². The van der Waals surface area contributed by atoms with Crippen molar-refractivity contribution in [2.24, 2.45) is 5.92 Å². The summed E-state index contributed by atoms with van der Waals surface area (Å²) in [7, 11) is 3.31. The van der Waals surface area contributed by atoms with E-state index >= 15 is 0 Å². The zero-order valence-electron chi connectivity index (χ0n) is 12.8. The number of benzene rings is 1. The van der Waals surface area contributed by atoms with E-state index in [4.69, 9.17) is 9.47 Å². The number of ether oxygens (including phenoxy) is 2. The van der Waals surface area contributed by atoms with Gasteiger partial charge < -0.3 is 14.6 Å². The maximum Gasteiger partial charge on any atom is 0.161 e. The molecule has 0 aromatic heterocycles. The van der Waals surface area contributed by atoms with Gasteiger partial charge in [0.15, 0.2) is 11.5 Å². The molecular weight excluding hydrogens is 254 g/mol. The van der Waals surface area contributed by atoms with Gasteiger partial charge in [-0.2, -0.15) is 0 Å². The second-order valence-corrected chi connectivity index (χ2v) is 5.62. The lowest BCUT2D eigenvalue weighted by Gasteiger charge is -2.26. The van der Waals surface area contributed by atoms with E-state index in [-0.39, 0.29) is 12.6 Å². The fraction of sp³-hybridized carbons (Fsp3) is 0.625. The summed E-state index contributed by atoms with van der Waals surface area (Å²) in [6, 6.07) is 4.33. The van der Waals surface area contributed by atoms with Crippen LogP contribution in [0.4, 0.5) is 0 Å². The number of aryl methyl sites for hydroxylation is 1. The van der Waals surface area contributed by atoms with E-state index in [2.05, 4.69) is 18.7 Å². The summed E-state index contributed by atoms with van der Waals surface area (Å²) in [5.41, 5.74) is 2.43. The molecule has 1 aliphatic rings. The summed E-state index contributed by atoms with van der Waals surface area (Å²) in [6.07, 6.45) is 1.15. The normalized spacial score (nSPS) is 23.1. The highest BCUT2D eigenvalue weighted by Gasteiger charge is 2.30. The first kappa shape index (κ1) is 15.1. The highest BCUT2D eigenvalue weighted by molar-refractivity contribution is 5.47. The molecule has 1 fully saturated rings. The molecule has 1 aliphatic heterocycles. The molecule has 0 saturated carbocycles. The van der Waals surface area contributed by atoms with E-state index in [1.54, 1.807) is 14.2 Å². The SMILES string of the molecule is COc1cc(C)c(CN2CCC(C)C2CO)cc1OC. The van der Waals surface area contributed by atoms with Gasteiger partial charge in [-0.05, 0) is 49.1 Å². The van der Waals surface area contributed by atoms with Gasteiger partial charge in [0.1, 0.15) is 0 Å². The molecule has 1 heterocycles. The molecule has 20 heavy (non-hydrogen) atoms. The predicted octanol–water partition coefficient (Wildman–Crippen LogP) is 2.21. The number of likely N-dealkylation sites (tertiary alicyclic amines) is 1. The summed E-state index contributed by atoms with van der Waals surface area (Å²) in [5.74, 6) is 2.09. The molecule has 0 spiro atoms. The lowest BCUT2D eigenvalue weighted by molar-refractivity contribution is 0.134. The second-order valence-electron chi connectivity index (χ2n) is 5.62. The Labute approximate surface area is 121 Å². The van der Waals surface area contributed by atoms with E-state index in [0.29, 0.717) is 5.92 Å². The van der Waals surface area contributed by atoms with E-state index < -0.39 is 0 Å². The molecule has 0 radical (unpaired) electrons. The first-order valence-electron chi connectivity index (χ1n) is 7.17. The molecule has 2 unspecified atom stereocenters. The van der Waals surface area contributed by atoms with Crippen molar-refractivity contribution in [3.8, 4) is 11.5 Å². The van der Waals surface area contributed by atoms with Crippen molar-refractivity contribution in [3.05, 3.63) is 23.3 Å². The Bertz CT molecular complexity index is 461. The van der Waals surface area contributed by atoms with Crippen LogP contribution in [0.5, 0.6) is 11.5 Å². The fourth-order valence-corrected chi connectivity index (χ4v) is 2.99. The molecular formula is C16H25NO3. The van der Waals surface area contributed by atoms with Gasteiger partial charge >= 0.3 is 0 Å². The molecule has 4 heteroatoms. The molecule has 1 aromatic rings. The minimum atomic E-state index is 0.230. The zero-order chi connectivity index (χ0) is 14.7. The standard InChI is InChI=1S/C16H25NO3/c1-11-5-6-17(14(11)10-18)9-13-8-16(20-4)15(19-3)7-12(13)2/h7-8,11,14,18H,5-6,9-10H2,1-4H3. The third-order valence-corrected chi connectivity index (χ3v) is 4.40. The topological polar surface area (TPSA) is 41.9 Å². The van der Waals surface area contributed by atoms with Crippen molar-refractivity contribution in [2.45, 2.75) is 32.9 Å². The van der Waals surface area contributed by atoms with Crippen molar-refractivity contribution in [3.63, 3.8) is 0 Å². The van der Waals surface area contributed by atoms with Crippen molar-refractivity contribution >= 4 is 0 Å². The maximum absolute atomic E-state index is 9.55. The van der Waals surface area contributed by atoms with Crippen molar-refractivity contribution in [1.82, 2.24) is 4.90 Å².